The summed E-state index contributed by atoms with van der Waals surface area (Å²) in [6.07, 6.45) is 1.74. The van der Waals surface area contributed by atoms with Gasteiger partial charge in [0.1, 0.15) is 0 Å². The van der Waals surface area contributed by atoms with E-state index in [0.29, 0.717) is 5.69 Å². The number of carbonyl (C=O) groups is 1. The molecule has 0 bridgehead atoms. The molecule has 0 radical (unpaired) electrons. The van der Waals surface area contributed by atoms with E-state index in [4.69, 9.17) is 0 Å². The van der Waals surface area contributed by atoms with Crippen LogP contribution in [0.3, 0.4) is 0 Å². The summed E-state index contributed by atoms with van der Waals surface area (Å²) in [7, 11) is 0. The van der Waals surface area contributed by atoms with E-state index in [0.717, 1.165) is 22.8 Å². The molecule has 1 atom stereocenters. The maximum atomic E-state index is 12.3. The zero-order valence-electron chi connectivity index (χ0n) is 12.4. The van der Waals surface area contributed by atoms with E-state index in [1.807, 2.05) is 42.1 Å². The van der Waals surface area contributed by atoms with Gasteiger partial charge in [-0.15, -0.1) is 11.3 Å². The number of thiophene rings is 1. The predicted molar refractivity (Wildman–Crippen MR) is 85.7 cm³/mol. The summed E-state index contributed by atoms with van der Waals surface area (Å²) < 4.78 is 1.87. The second-order valence-electron chi connectivity index (χ2n) is 4.91. The van der Waals surface area contributed by atoms with Gasteiger partial charge in [-0.05, 0) is 37.4 Å². The van der Waals surface area contributed by atoms with Gasteiger partial charge in [-0.25, -0.2) is 0 Å². The average Bonchev–Trinajstić information content (AvgIpc) is 3.25. The van der Waals surface area contributed by atoms with Crippen LogP contribution in [0.15, 0.2) is 35.8 Å². The van der Waals surface area contributed by atoms with Crippen molar-refractivity contribution in [3.05, 3.63) is 47.2 Å². The van der Waals surface area contributed by atoms with E-state index in [1.165, 1.54) is 0 Å². The minimum absolute atomic E-state index is 0.128. The standard InChI is InChI=1S/C15H17N5OS/c1-3-20-13(6-7-16-20)10(2)17-15(21)12-9-11(18-19-12)14-5-4-8-22-14/h4-10H,3H2,1-2H3,(H,17,21)(H,18,19). The van der Waals surface area contributed by atoms with Crippen LogP contribution >= 0.6 is 11.3 Å². The van der Waals surface area contributed by atoms with Crippen LogP contribution < -0.4 is 5.32 Å². The fraction of sp³-hybridized carbons (Fsp3) is 0.267. The molecule has 2 N–H and O–H groups in total. The van der Waals surface area contributed by atoms with Crippen LogP contribution in [0.5, 0.6) is 0 Å². The lowest BCUT2D eigenvalue weighted by molar-refractivity contribution is 0.0933. The molecule has 0 aliphatic heterocycles. The summed E-state index contributed by atoms with van der Waals surface area (Å²) in [5, 5.41) is 16.2. The fourth-order valence-corrected chi connectivity index (χ4v) is 3.01. The number of hydrogen-bond acceptors (Lipinski definition) is 4. The monoisotopic (exact) mass is 315 g/mol. The Balaban J connectivity index is 1.72. The lowest BCUT2D eigenvalue weighted by atomic mass is 10.2. The van der Waals surface area contributed by atoms with E-state index >= 15 is 0 Å². The summed E-state index contributed by atoms with van der Waals surface area (Å²) in [5.41, 5.74) is 2.22. The van der Waals surface area contributed by atoms with E-state index in [9.17, 15) is 4.79 Å². The van der Waals surface area contributed by atoms with E-state index < -0.39 is 0 Å². The summed E-state index contributed by atoms with van der Waals surface area (Å²) in [5.74, 6) is -0.199. The van der Waals surface area contributed by atoms with Gasteiger partial charge in [0.15, 0.2) is 5.69 Å². The molecule has 114 valence electrons. The second-order valence-corrected chi connectivity index (χ2v) is 5.86. The number of carbonyl (C=O) groups excluding carboxylic acids is 1. The van der Waals surface area contributed by atoms with Crippen LogP contribution in [0.1, 0.15) is 36.1 Å². The van der Waals surface area contributed by atoms with Crippen molar-refractivity contribution in [1.82, 2.24) is 25.3 Å². The van der Waals surface area contributed by atoms with Crippen molar-refractivity contribution in [2.24, 2.45) is 0 Å². The molecule has 0 spiro atoms. The van der Waals surface area contributed by atoms with Crippen LogP contribution in [0.2, 0.25) is 0 Å². The van der Waals surface area contributed by atoms with E-state index in [1.54, 1.807) is 23.6 Å². The fourth-order valence-electron chi connectivity index (χ4n) is 2.32. The van der Waals surface area contributed by atoms with Crippen molar-refractivity contribution >= 4 is 17.2 Å². The molecule has 0 aliphatic rings. The number of H-pyrrole nitrogens is 1. The Morgan fingerprint density at radius 1 is 1.50 bits per heavy atom. The highest BCUT2D eigenvalue weighted by molar-refractivity contribution is 7.13. The van der Waals surface area contributed by atoms with Crippen LogP contribution in [-0.4, -0.2) is 25.9 Å². The van der Waals surface area contributed by atoms with Gasteiger partial charge in [0.2, 0.25) is 0 Å². The molecule has 1 amide bonds. The molecule has 3 aromatic rings. The summed E-state index contributed by atoms with van der Waals surface area (Å²) >= 11 is 1.60. The number of rotatable bonds is 5. The summed E-state index contributed by atoms with van der Waals surface area (Å²) in [6.45, 7) is 4.73. The van der Waals surface area contributed by atoms with Gasteiger partial charge in [-0.2, -0.15) is 10.2 Å². The lowest BCUT2D eigenvalue weighted by Crippen LogP contribution is -2.28. The molecule has 3 rings (SSSR count). The molecule has 0 aromatic carbocycles. The Morgan fingerprint density at radius 3 is 3.09 bits per heavy atom. The van der Waals surface area contributed by atoms with Gasteiger partial charge in [0.05, 0.1) is 22.3 Å². The molecule has 3 heterocycles. The molecular weight excluding hydrogens is 298 g/mol. The van der Waals surface area contributed by atoms with Gasteiger partial charge < -0.3 is 5.32 Å². The molecule has 22 heavy (non-hydrogen) atoms. The lowest BCUT2D eigenvalue weighted by Gasteiger charge is -2.14. The van der Waals surface area contributed by atoms with Crippen molar-refractivity contribution in [2.45, 2.75) is 26.4 Å². The van der Waals surface area contributed by atoms with Gasteiger partial charge in [0.25, 0.3) is 5.91 Å². The van der Waals surface area contributed by atoms with Crippen LogP contribution in [0, 0.1) is 0 Å². The number of aryl methyl sites for hydroxylation is 1. The molecule has 7 heteroatoms. The Hall–Kier alpha value is -2.41. The Labute approximate surface area is 132 Å². The molecule has 1 unspecified atom stereocenters. The third-order valence-electron chi connectivity index (χ3n) is 3.44. The normalized spacial score (nSPS) is 12.3. The third kappa shape index (κ3) is 2.80. The Bertz CT molecular complexity index is 759. The van der Waals surface area contributed by atoms with Crippen molar-refractivity contribution in [1.29, 1.82) is 0 Å². The number of hydrogen-bond donors (Lipinski definition) is 2. The zero-order chi connectivity index (χ0) is 15.5. The second kappa shape index (κ2) is 6.15. The van der Waals surface area contributed by atoms with Crippen LogP contribution in [0.25, 0.3) is 10.6 Å². The minimum atomic E-state index is -0.199. The highest BCUT2D eigenvalue weighted by Crippen LogP contribution is 2.23. The van der Waals surface area contributed by atoms with Gasteiger partial charge >= 0.3 is 0 Å². The van der Waals surface area contributed by atoms with Crippen LogP contribution in [0.4, 0.5) is 0 Å². The first kappa shape index (κ1) is 14.5. The minimum Gasteiger partial charge on any atom is -0.343 e. The van der Waals surface area contributed by atoms with Gasteiger partial charge in [-0.3, -0.25) is 14.6 Å². The highest BCUT2D eigenvalue weighted by Gasteiger charge is 2.17. The SMILES string of the molecule is CCn1nccc1C(C)NC(=O)c1cc(-c2cccs2)[nH]n1. The smallest absolute Gasteiger partial charge is 0.272 e. The maximum Gasteiger partial charge on any atom is 0.272 e. The first-order chi connectivity index (χ1) is 10.7. The summed E-state index contributed by atoms with van der Waals surface area (Å²) in [6, 6.07) is 7.51. The quantitative estimate of drug-likeness (QED) is 0.760. The van der Waals surface area contributed by atoms with E-state index in [-0.39, 0.29) is 11.9 Å². The first-order valence-corrected chi connectivity index (χ1v) is 7.99. The van der Waals surface area contributed by atoms with Gasteiger partial charge in [-0.1, -0.05) is 6.07 Å². The number of aromatic nitrogens is 4. The number of aromatic amines is 1. The third-order valence-corrected chi connectivity index (χ3v) is 4.34. The first-order valence-electron chi connectivity index (χ1n) is 7.11. The van der Waals surface area contributed by atoms with Crippen molar-refractivity contribution < 1.29 is 4.79 Å². The molecule has 0 saturated carbocycles. The van der Waals surface area contributed by atoms with Crippen LogP contribution in [-0.2, 0) is 6.54 Å². The predicted octanol–water partition coefficient (Wildman–Crippen LogP) is 2.85. The molecule has 0 fully saturated rings. The van der Waals surface area contributed by atoms with Gasteiger partial charge in [0, 0.05) is 12.7 Å². The number of nitrogens with one attached hydrogen (secondary N) is 2. The topological polar surface area (TPSA) is 75.6 Å². The highest BCUT2D eigenvalue weighted by atomic mass is 32.1. The van der Waals surface area contributed by atoms with E-state index in [2.05, 4.69) is 20.6 Å². The number of nitrogens with zero attached hydrogens (tertiary/aromatic N) is 3. The molecular formula is C15H17N5OS. The largest absolute Gasteiger partial charge is 0.343 e. The molecule has 0 saturated heterocycles. The van der Waals surface area contributed by atoms with Crippen molar-refractivity contribution in [3.8, 4) is 10.6 Å². The molecule has 0 aliphatic carbocycles. The number of amides is 1. The molecule has 6 nitrogen and oxygen atoms in total. The summed E-state index contributed by atoms with van der Waals surface area (Å²) in [4.78, 5) is 13.4. The zero-order valence-corrected chi connectivity index (χ0v) is 13.2. The maximum absolute atomic E-state index is 12.3. The molecule has 3 aromatic heterocycles. The van der Waals surface area contributed by atoms with Crippen molar-refractivity contribution in [3.63, 3.8) is 0 Å². The van der Waals surface area contributed by atoms with Crippen molar-refractivity contribution in [2.75, 3.05) is 0 Å². The Kier molecular flexibility index (Phi) is 4.06. The average molecular weight is 315 g/mol. The Morgan fingerprint density at radius 2 is 2.36 bits per heavy atom.